The Balaban J connectivity index is 1.45. The molecule has 0 radical (unpaired) electrons. The van der Waals surface area contributed by atoms with Gasteiger partial charge in [0.25, 0.3) is 11.8 Å². The van der Waals surface area contributed by atoms with Crippen molar-refractivity contribution in [2.75, 3.05) is 51.2 Å². The number of ether oxygens (including phenoxy) is 1. The Labute approximate surface area is 256 Å². The Hall–Kier alpha value is -2.89. The van der Waals surface area contributed by atoms with Crippen molar-refractivity contribution >= 4 is 11.7 Å². The first kappa shape index (κ1) is 33.0. The maximum Gasteiger partial charge on any atom is 0.282 e. The summed E-state index contributed by atoms with van der Waals surface area (Å²) in [6, 6.07) is 4.61. The Bertz CT molecular complexity index is 1240. The summed E-state index contributed by atoms with van der Waals surface area (Å²) in [6.45, 7) is 19.2. The Morgan fingerprint density at radius 2 is 1.86 bits per heavy atom. The predicted octanol–water partition coefficient (Wildman–Crippen LogP) is 4.30. The number of aliphatic hydroxyl groups excluding tert-OH is 1. The molecule has 3 heterocycles. The topological polar surface area (TPSA) is 98.2 Å². The summed E-state index contributed by atoms with van der Waals surface area (Å²) in [5, 5.41) is 19.0. The highest BCUT2D eigenvalue weighted by molar-refractivity contribution is 5.97. The summed E-state index contributed by atoms with van der Waals surface area (Å²) in [6.07, 6.45) is 2.80. The van der Waals surface area contributed by atoms with Gasteiger partial charge in [0.15, 0.2) is 5.82 Å². The molecule has 0 bridgehead atoms. The largest absolute Gasteiger partial charge is 0.434 e. The number of carbonyl (C=O) groups is 1. The molecule has 2 aliphatic heterocycles. The molecule has 2 atom stereocenters. The summed E-state index contributed by atoms with van der Waals surface area (Å²) in [5.74, 6) is 0.605. The third-order valence-corrected chi connectivity index (χ3v) is 9.12. The van der Waals surface area contributed by atoms with Crippen LogP contribution in [0.1, 0.15) is 71.7 Å². The van der Waals surface area contributed by atoms with Crippen LogP contribution in [-0.4, -0.2) is 111 Å². The van der Waals surface area contributed by atoms with E-state index in [9.17, 15) is 14.3 Å². The summed E-state index contributed by atoms with van der Waals surface area (Å²) in [7, 11) is 2.06. The van der Waals surface area contributed by atoms with Crippen LogP contribution in [0.5, 0.6) is 11.6 Å². The van der Waals surface area contributed by atoms with E-state index >= 15 is 0 Å². The van der Waals surface area contributed by atoms with Gasteiger partial charge in [0, 0.05) is 62.8 Å². The number of nitrogens with zero attached hydrogens (tertiary/aromatic N) is 7. The number of hydrogen-bond donors (Lipinski definition) is 1. The van der Waals surface area contributed by atoms with Crippen LogP contribution in [0.15, 0.2) is 24.5 Å². The van der Waals surface area contributed by atoms with E-state index in [4.69, 9.17) is 4.74 Å². The summed E-state index contributed by atoms with van der Waals surface area (Å²) in [5.41, 5.74) is 0.270. The first-order valence-corrected chi connectivity index (χ1v) is 15.7. The molecule has 1 aromatic heterocycles. The van der Waals surface area contributed by atoms with Gasteiger partial charge < -0.3 is 24.5 Å². The molecule has 1 spiro atoms. The van der Waals surface area contributed by atoms with E-state index in [1.807, 2.05) is 20.8 Å². The molecule has 2 aromatic rings. The molecule has 1 aromatic carbocycles. The van der Waals surface area contributed by atoms with Crippen molar-refractivity contribution in [3.8, 4) is 11.6 Å². The average Bonchev–Trinajstić information content (AvgIpc) is 3.38. The van der Waals surface area contributed by atoms with Crippen molar-refractivity contribution in [3.05, 3.63) is 35.9 Å². The fourth-order valence-electron chi connectivity index (χ4n) is 6.47. The third kappa shape index (κ3) is 7.61. The molecule has 1 amide bonds. The Morgan fingerprint density at radius 3 is 2.49 bits per heavy atom. The lowest BCUT2D eigenvalue weighted by Gasteiger charge is -2.53. The molecule has 43 heavy (non-hydrogen) atoms. The molecular weight excluding hydrogens is 549 g/mol. The smallest absolute Gasteiger partial charge is 0.282 e. The Morgan fingerprint density at radius 1 is 1.14 bits per heavy atom. The molecule has 10 nitrogen and oxygen atoms in total. The van der Waals surface area contributed by atoms with Crippen LogP contribution in [0.2, 0.25) is 0 Å². The summed E-state index contributed by atoms with van der Waals surface area (Å²) < 4.78 is 20.4. The van der Waals surface area contributed by atoms with Gasteiger partial charge in [0.05, 0.1) is 11.7 Å². The summed E-state index contributed by atoms with van der Waals surface area (Å²) in [4.78, 5) is 26.4. The van der Waals surface area contributed by atoms with Gasteiger partial charge in [-0.2, -0.15) is 0 Å². The maximum atomic E-state index is 14.3. The molecule has 4 rings (SSSR count). The van der Waals surface area contributed by atoms with E-state index in [-0.39, 0.29) is 40.7 Å². The predicted molar refractivity (Wildman–Crippen MR) is 166 cm³/mol. The lowest BCUT2D eigenvalue weighted by Crippen LogP contribution is -2.62. The number of hydrogen-bond acceptors (Lipinski definition) is 9. The van der Waals surface area contributed by atoms with Crippen LogP contribution in [0.4, 0.5) is 10.2 Å². The van der Waals surface area contributed by atoms with Crippen LogP contribution < -0.4 is 9.64 Å². The number of halogens is 1. The number of likely N-dealkylation sites (tertiary alicyclic amines) is 1. The fraction of sp³-hybridized carbons (Fsp3) is 0.688. The van der Waals surface area contributed by atoms with E-state index in [0.29, 0.717) is 36.9 Å². The fourth-order valence-corrected chi connectivity index (χ4v) is 6.47. The molecule has 0 unspecified atom stereocenters. The molecule has 11 heteroatoms. The van der Waals surface area contributed by atoms with E-state index in [2.05, 4.69) is 64.6 Å². The zero-order valence-electron chi connectivity index (χ0n) is 27.1. The number of aromatic nitrogens is 3. The molecule has 2 fully saturated rings. The number of likely N-dealkylation sites (N-methyl/N-ethyl adjacent to an activating group) is 1. The van der Waals surface area contributed by atoms with Gasteiger partial charge in [-0.05, 0) is 78.6 Å². The molecule has 238 valence electrons. The lowest BCUT2D eigenvalue weighted by molar-refractivity contribution is -0.0487. The van der Waals surface area contributed by atoms with E-state index in [1.165, 1.54) is 24.5 Å². The number of amides is 1. The van der Waals surface area contributed by atoms with Crippen LogP contribution >= 0.6 is 0 Å². The van der Waals surface area contributed by atoms with Crippen molar-refractivity contribution in [1.82, 2.24) is 29.9 Å². The normalized spacial score (nSPS) is 18.1. The zero-order valence-corrected chi connectivity index (χ0v) is 27.1. The molecule has 2 aliphatic rings. The standard InChI is InChI=1S/C32H50FN7O3/c1-9-40(23(6)7)31(42)26-14-24(33)10-11-28(26)43-30-29(34-20-35-36-30)38-13-12-32(17-38)18-39(19-32)27(21(2)3)15-25(41)16-37(8)22(4)5/h10-11,14,20-23,25,27,41H,9,12-13,15-19H2,1-8H3/t25-,27-/m0/s1. The average molecular weight is 600 g/mol. The minimum atomic E-state index is -0.511. The zero-order chi connectivity index (χ0) is 31.5. The molecular formula is C32H50FN7O3. The molecule has 0 aliphatic carbocycles. The minimum absolute atomic E-state index is 0.0508. The number of benzene rings is 1. The highest BCUT2D eigenvalue weighted by atomic mass is 19.1. The quantitative estimate of drug-likeness (QED) is 0.361. The molecule has 2 saturated heterocycles. The van der Waals surface area contributed by atoms with Crippen molar-refractivity contribution < 1.29 is 19.0 Å². The number of carbonyl (C=O) groups excluding carboxylic acids is 1. The van der Waals surface area contributed by atoms with Crippen molar-refractivity contribution in [2.45, 2.75) is 85.5 Å². The highest BCUT2D eigenvalue weighted by Gasteiger charge is 2.50. The minimum Gasteiger partial charge on any atom is -0.434 e. The van der Waals surface area contributed by atoms with E-state index in [0.717, 1.165) is 39.0 Å². The van der Waals surface area contributed by atoms with Gasteiger partial charge in [-0.3, -0.25) is 9.69 Å². The second-order valence-electron chi connectivity index (χ2n) is 13.3. The SMILES string of the molecule is CCN(C(=O)c1cc(F)ccc1Oc1nncnc1N1CCC2(C1)CN([C@@H](C[C@H](O)CN(C)C(C)C)C(C)C)C2)C(C)C. The third-order valence-electron chi connectivity index (χ3n) is 9.12. The van der Waals surface area contributed by atoms with Crippen LogP contribution in [0, 0.1) is 17.2 Å². The van der Waals surface area contributed by atoms with Gasteiger partial charge >= 0.3 is 0 Å². The van der Waals surface area contributed by atoms with Gasteiger partial charge in [0.2, 0.25) is 0 Å². The van der Waals surface area contributed by atoms with Gasteiger partial charge in [-0.1, -0.05) is 13.8 Å². The monoisotopic (exact) mass is 599 g/mol. The first-order valence-electron chi connectivity index (χ1n) is 15.7. The molecule has 1 N–H and O–H groups in total. The number of rotatable bonds is 13. The highest BCUT2D eigenvalue weighted by Crippen LogP contribution is 2.44. The van der Waals surface area contributed by atoms with E-state index < -0.39 is 5.82 Å². The van der Waals surface area contributed by atoms with Gasteiger partial charge in [0.1, 0.15) is 17.9 Å². The second kappa shape index (κ2) is 13.8. The van der Waals surface area contributed by atoms with Crippen molar-refractivity contribution in [2.24, 2.45) is 11.3 Å². The van der Waals surface area contributed by atoms with Crippen molar-refractivity contribution in [1.29, 1.82) is 0 Å². The van der Waals surface area contributed by atoms with Crippen LogP contribution in [0.25, 0.3) is 0 Å². The number of aliphatic hydroxyl groups is 1. The second-order valence-corrected chi connectivity index (χ2v) is 13.3. The Kier molecular flexibility index (Phi) is 10.6. The number of anilines is 1. The van der Waals surface area contributed by atoms with Crippen molar-refractivity contribution in [3.63, 3.8) is 0 Å². The van der Waals surface area contributed by atoms with Crippen LogP contribution in [-0.2, 0) is 0 Å². The lowest BCUT2D eigenvalue weighted by atomic mass is 9.76. The van der Waals surface area contributed by atoms with Crippen LogP contribution in [0.3, 0.4) is 0 Å². The first-order chi connectivity index (χ1) is 20.3. The van der Waals surface area contributed by atoms with Gasteiger partial charge in [-0.15, -0.1) is 10.2 Å². The van der Waals surface area contributed by atoms with E-state index in [1.54, 1.807) is 4.90 Å². The van der Waals surface area contributed by atoms with Gasteiger partial charge in [-0.25, -0.2) is 9.37 Å². The molecule has 0 saturated carbocycles. The maximum absolute atomic E-state index is 14.3. The summed E-state index contributed by atoms with van der Waals surface area (Å²) >= 11 is 0.